The van der Waals surface area contributed by atoms with Gasteiger partial charge in [-0.2, -0.15) is 0 Å². The van der Waals surface area contributed by atoms with E-state index in [0.717, 1.165) is 12.1 Å². The molecule has 0 atom stereocenters. The van der Waals surface area contributed by atoms with Crippen LogP contribution in [0.5, 0.6) is 0 Å². The van der Waals surface area contributed by atoms with Gasteiger partial charge >= 0.3 is 6.03 Å². The predicted molar refractivity (Wildman–Crippen MR) is 58.3 cm³/mol. The summed E-state index contributed by atoms with van der Waals surface area (Å²) < 4.78 is 25.8. The zero-order chi connectivity index (χ0) is 12.1. The van der Waals surface area contributed by atoms with Crippen molar-refractivity contribution in [3.8, 4) is 0 Å². The van der Waals surface area contributed by atoms with Gasteiger partial charge in [0.25, 0.3) is 0 Å². The third kappa shape index (κ3) is 2.92. The quantitative estimate of drug-likeness (QED) is 0.847. The molecule has 0 spiro atoms. The molecule has 0 radical (unpaired) electrons. The van der Waals surface area contributed by atoms with E-state index in [4.69, 9.17) is 0 Å². The van der Waals surface area contributed by atoms with E-state index < -0.39 is 17.7 Å². The number of rotatable bonds is 3. The summed E-state index contributed by atoms with van der Waals surface area (Å²) in [5.74, 6) is -1.45. The summed E-state index contributed by atoms with van der Waals surface area (Å²) in [6.45, 7) is 4.71. The van der Waals surface area contributed by atoms with Crippen molar-refractivity contribution in [3.05, 3.63) is 29.8 Å². The third-order valence-corrected chi connectivity index (χ3v) is 2.22. The van der Waals surface area contributed by atoms with Gasteiger partial charge in [0.05, 0.1) is 5.69 Å². The molecule has 0 unspecified atom stereocenters. The van der Waals surface area contributed by atoms with Crippen LogP contribution < -0.4 is 5.32 Å². The van der Waals surface area contributed by atoms with Gasteiger partial charge in [-0.1, -0.05) is 0 Å². The average Bonchev–Trinajstić information content (AvgIpc) is 2.24. The highest BCUT2D eigenvalue weighted by atomic mass is 19.1. The molecule has 88 valence electrons. The van der Waals surface area contributed by atoms with Gasteiger partial charge in [0, 0.05) is 19.2 Å². The van der Waals surface area contributed by atoms with E-state index in [1.165, 1.54) is 11.0 Å². The molecule has 0 heterocycles. The molecule has 1 rings (SSSR count). The fraction of sp³-hybridized carbons (Fsp3) is 0.364. The Morgan fingerprint density at radius 3 is 2.44 bits per heavy atom. The van der Waals surface area contributed by atoms with Gasteiger partial charge in [0.15, 0.2) is 0 Å². The Morgan fingerprint density at radius 2 is 1.94 bits per heavy atom. The maximum atomic E-state index is 13.2. The predicted octanol–water partition coefficient (Wildman–Crippen LogP) is 2.84. The van der Waals surface area contributed by atoms with E-state index in [9.17, 15) is 13.6 Å². The Labute approximate surface area is 93.1 Å². The molecule has 1 aromatic carbocycles. The minimum atomic E-state index is -0.777. The summed E-state index contributed by atoms with van der Waals surface area (Å²) in [6.07, 6.45) is 0. The molecule has 0 aliphatic heterocycles. The highest BCUT2D eigenvalue weighted by Gasteiger charge is 2.12. The number of benzene rings is 1. The first-order valence-electron chi connectivity index (χ1n) is 5.09. The molecule has 0 saturated carbocycles. The number of anilines is 1. The second-order valence-corrected chi connectivity index (χ2v) is 3.23. The monoisotopic (exact) mass is 228 g/mol. The van der Waals surface area contributed by atoms with Crippen molar-refractivity contribution >= 4 is 11.7 Å². The van der Waals surface area contributed by atoms with E-state index in [1.54, 1.807) is 0 Å². The lowest BCUT2D eigenvalue weighted by Gasteiger charge is -2.19. The van der Waals surface area contributed by atoms with E-state index in [-0.39, 0.29) is 5.69 Å². The molecule has 0 saturated heterocycles. The van der Waals surface area contributed by atoms with E-state index in [2.05, 4.69) is 5.32 Å². The fourth-order valence-electron chi connectivity index (χ4n) is 1.30. The van der Waals surface area contributed by atoms with Gasteiger partial charge in [-0.25, -0.2) is 13.6 Å². The zero-order valence-corrected chi connectivity index (χ0v) is 9.26. The SMILES string of the molecule is CCN(CC)C(=O)Nc1ccc(F)cc1F. The minimum Gasteiger partial charge on any atom is -0.325 e. The Balaban J connectivity index is 2.76. The largest absolute Gasteiger partial charge is 0.325 e. The Morgan fingerprint density at radius 1 is 1.31 bits per heavy atom. The maximum Gasteiger partial charge on any atom is 0.321 e. The van der Waals surface area contributed by atoms with Gasteiger partial charge in [-0.05, 0) is 26.0 Å². The number of amides is 2. The van der Waals surface area contributed by atoms with Crippen LogP contribution in [-0.4, -0.2) is 24.0 Å². The standard InChI is InChI=1S/C11H14F2N2O/c1-3-15(4-2)11(16)14-10-6-5-8(12)7-9(10)13/h5-7H,3-4H2,1-2H3,(H,14,16). The lowest BCUT2D eigenvalue weighted by atomic mass is 10.3. The molecule has 0 fully saturated rings. The number of hydrogen-bond acceptors (Lipinski definition) is 1. The minimum absolute atomic E-state index is 0.0155. The molecule has 0 aromatic heterocycles. The van der Waals surface area contributed by atoms with Crippen LogP contribution in [0, 0.1) is 11.6 Å². The zero-order valence-electron chi connectivity index (χ0n) is 9.26. The van der Waals surface area contributed by atoms with Crippen LogP contribution in [0.4, 0.5) is 19.3 Å². The molecule has 2 amide bonds. The van der Waals surface area contributed by atoms with Crippen molar-refractivity contribution in [2.75, 3.05) is 18.4 Å². The number of urea groups is 1. The molecule has 16 heavy (non-hydrogen) atoms. The smallest absolute Gasteiger partial charge is 0.321 e. The average molecular weight is 228 g/mol. The number of hydrogen-bond donors (Lipinski definition) is 1. The molecule has 5 heteroatoms. The first-order valence-corrected chi connectivity index (χ1v) is 5.09. The number of nitrogens with zero attached hydrogens (tertiary/aromatic N) is 1. The number of carbonyl (C=O) groups excluding carboxylic acids is 1. The summed E-state index contributed by atoms with van der Waals surface area (Å²) in [5, 5.41) is 2.38. The topological polar surface area (TPSA) is 32.3 Å². The van der Waals surface area contributed by atoms with Crippen LogP contribution in [0.15, 0.2) is 18.2 Å². The number of halogens is 2. The van der Waals surface area contributed by atoms with E-state index in [1.807, 2.05) is 13.8 Å². The molecule has 0 aliphatic rings. The normalized spacial score (nSPS) is 10.0. The van der Waals surface area contributed by atoms with Gasteiger partial charge in [0.2, 0.25) is 0 Å². The van der Waals surface area contributed by atoms with Crippen LogP contribution in [0.1, 0.15) is 13.8 Å². The van der Waals surface area contributed by atoms with Gasteiger partial charge in [0.1, 0.15) is 11.6 Å². The molecule has 1 aromatic rings. The maximum absolute atomic E-state index is 13.2. The van der Waals surface area contributed by atoms with E-state index in [0.29, 0.717) is 13.1 Å². The Kier molecular flexibility index (Phi) is 4.22. The first kappa shape index (κ1) is 12.4. The van der Waals surface area contributed by atoms with Crippen molar-refractivity contribution in [2.45, 2.75) is 13.8 Å². The molecule has 1 N–H and O–H groups in total. The molecule has 0 aliphatic carbocycles. The summed E-state index contributed by atoms with van der Waals surface area (Å²) in [6, 6.07) is 2.64. The lowest BCUT2D eigenvalue weighted by Crippen LogP contribution is -2.34. The summed E-state index contributed by atoms with van der Waals surface area (Å²) in [5.41, 5.74) is -0.0155. The van der Waals surface area contributed by atoms with Crippen molar-refractivity contribution in [2.24, 2.45) is 0 Å². The second kappa shape index (κ2) is 5.44. The van der Waals surface area contributed by atoms with Crippen LogP contribution in [0.25, 0.3) is 0 Å². The van der Waals surface area contributed by atoms with Gasteiger partial charge < -0.3 is 10.2 Å². The molecule has 3 nitrogen and oxygen atoms in total. The van der Waals surface area contributed by atoms with Gasteiger partial charge in [-0.3, -0.25) is 0 Å². The van der Waals surface area contributed by atoms with Crippen molar-refractivity contribution < 1.29 is 13.6 Å². The Bertz CT molecular complexity index is 378. The number of nitrogens with one attached hydrogen (secondary N) is 1. The van der Waals surface area contributed by atoms with Crippen LogP contribution in [0.2, 0.25) is 0 Å². The molecular weight excluding hydrogens is 214 g/mol. The number of carbonyl (C=O) groups is 1. The van der Waals surface area contributed by atoms with Crippen LogP contribution in [0.3, 0.4) is 0 Å². The fourth-order valence-corrected chi connectivity index (χ4v) is 1.30. The van der Waals surface area contributed by atoms with Crippen LogP contribution >= 0.6 is 0 Å². The summed E-state index contributed by atoms with van der Waals surface area (Å²) in [4.78, 5) is 13.1. The first-order chi connectivity index (χ1) is 7.58. The summed E-state index contributed by atoms with van der Waals surface area (Å²) in [7, 11) is 0. The van der Waals surface area contributed by atoms with Crippen LogP contribution in [-0.2, 0) is 0 Å². The third-order valence-electron chi connectivity index (χ3n) is 2.22. The second-order valence-electron chi connectivity index (χ2n) is 3.23. The van der Waals surface area contributed by atoms with Crippen molar-refractivity contribution in [1.82, 2.24) is 4.90 Å². The summed E-state index contributed by atoms with van der Waals surface area (Å²) >= 11 is 0. The van der Waals surface area contributed by atoms with Gasteiger partial charge in [-0.15, -0.1) is 0 Å². The Hall–Kier alpha value is -1.65. The highest BCUT2D eigenvalue weighted by Crippen LogP contribution is 2.15. The van der Waals surface area contributed by atoms with E-state index >= 15 is 0 Å². The lowest BCUT2D eigenvalue weighted by molar-refractivity contribution is 0.217. The molecular formula is C11H14F2N2O. The van der Waals surface area contributed by atoms with Crippen molar-refractivity contribution in [3.63, 3.8) is 0 Å². The highest BCUT2D eigenvalue weighted by molar-refractivity contribution is 5.89. The van der Waals surface area contributed by atoms with Crippen molar-refractivity contribution in [1.29, 1.82) is 0 Å². The molecule has 0 bridgehead atoms.